The van der Waals surface area contributed by atoms with Crippen molar-refractivity contribution in [2.75, 3.05) is 5.32 Å². The number of ether oxygens (including phenoxy) is 1. The number of amides is 2. The molecule has 5 nitrogen and oxygen atoms in total. The molecule has 2 aromatic carbocycles. The highest BCUT2D eigenvalue weighted by Crippen LogP contribution is 2.14. The summed E-state index contributed by atoms with van der Waals surface area (Å²) in [6, 6.07) is 15.9. The minimum Gasteiger partial charge on any atom is -0.481 e. The minimum atomic E-state index is -0.633. The van der Waals surface area contributed by atoms with E-state index in [2.05, 4.69) is 10.6 Å². The second-order valence-corrected chi connectivity index (χ2v) is 6.84. The molecule has 0 saturated heterocycles. The molecule has 0 saturated carbocycles. The first-order valence-corrected chi connectivity index (χ1v) is 8.20. The van der Waals surface area contributed by atoms with Gasteiger partial charge in [-0.05, 0) is 64.1 Å². The van der Waals surface area contributed by atoms with Crippen LogP contribution in [0.25, 0.3) is 0 Å². The molecule has 1 unspecified atom stereocenters. The third-order valence-electron chi connectivity index (χ3n) is 3.33. The van der Waals surface area contributed by atoms with Gasteiger partial charge in [0, 0.05) is 16.8 Å². The summed E-state index contributed by atoms with van der Waals surface area (Å²) < 4.78 is 5.59. The largest absolute Gasteiger partial charge is 0.481 e. The van der Waals surface area contributed by atoms with Crippen LogP contribution in [0.3, 0.4) is 0 Å². The summed E-state index contributed by atoms with van der Waals surface area (Å²) in [5.74, 6) is 0.237. The van der Waals surface area contributed by atoms with Gasteiger partial charge in [-0.15, -0.1) is 0 Å². The van der Waals surface area contributed by atoms with Gasteiger partial charge in [-0.25, -0.2) is 0 Å². The van der Waals surface area contributed by atoms with Gasteiger partial charge < -0.3 is 15.4 Å². The molecule has 2 amide bonds. The van der Waals surface area contributed by atoms with Crippen LogP contribution in [0.1, 0.15) is 38.1 Å². The maximum Gasteiger partial charge on any atom is 0.265 e. The number of carbonyl (C=O) groups excluding carboxylic acids is 2. The van der Waals surface area contributed by atoms with Crippen LogP contribution < -0.4 is 15.4 Å². The smallest absolute Gasteiger partial charge is 0.265 e. The van der Waals surface area contributed by atoms with Gasteiger partial charge in [0.25, 0.3) is 11.8 Å². The number of rotatable bonds is 5. The van der Waals surface area contributed by atoms with Gasteiger partial charge in [-0.2, -0.15) is 0 Å². The zero-order valence-corrected chi connectivity index (χ0v) is 15.0. The fourth-order valence-electron chi connectivity index (χ4n) is 2.12. The molecule has 1 atom stereocenters. The van der Waals surface area contributed by atoms with Crippen molar-refractivity contribution in [3.05, 3.63) is 60.2 Å². The van der Waals surface area contributed by atoms with Gasteiger partial charge >= 0.3 is 0 Å². The Kier molecular flexibility index (Phi) is 5.80. The van der Waals surface area contributed by atoms with E-state index in [1.807, 2.05) is 39.0 Å². The zero-order valence-electron chi connectivity index (χ0n) is 15.0. The Balaban J connectivity index is 1.94. The maximum absolute atomic E-state index is 12.2. The van der Waals surface area contributed by atoms with Crippen molar-refractivity contribution in [1.29, 1.82) is 0 Å². The van der Waals surface area contributed by atoms with Crippen LogP contribution in [0.5, 0.6) is 5.75 Å². The van der Waals surface area contributed by atoms with Gasteiger partial charge in [0.05, 0.1) is 0 Å². The SMILES string of the molecule is CC(Oc1ccccc1)C(=O)Nc1ccc(C(=O)NC(C)(C)C)cc1. The van der Waals surface area contributed by atoms with E-state index in [1.165, 1.54) is 0 Å². The van der Waals surface area contributed by atoms with Crippen LogP contribution in [0.4, 0.5) is 5.69 Å². The second-order valence-electron chi connectivity index (χ2n) is 6.84. The molecule has 0 heterocycles. The third kappa shape index (κ3) is 5.95. The number of hydrogen-bond acceptors (Lipinski definition) is 3. The Hall–Kier alpha value is -2.82. The van der Waals surface area contributed by atoms with Gasteiger partial charge in [0.2, 0.25) is 0 Å². The van der Waals surface area contributed by atoms with E-state index in [0.29, 0.717) is 17.0 Å². The van der Waals surface area contributed by atoms with Crippen LogP contribution in [0.2, 0.25) is 0 Å². The predicted octanol–water partition coefficient (Wildman–Crippen LogP) is 3.62. The average molecular weight is 340 g/mol. The fraction of sp³-hybridized carbons (Fsp3) is 0.300. The van der Waals surface area contributed by atoms with Crippen LogP contribution >= 0.6 is 0 Å². The van der Waals surface area contributed by atoms with Gasteiger partial charge in [-0.1, -0.05) is 18.2 Å². The van der Waals surface area contributed by atoms with Crippen LogP contribution in [-0.2, 0) is 4.79 Å². The molecule has 0 aliphatic carbocycles. The molecule has 0 aromatic heterocycles. The Bertz CT molecular complexity index is 719. The summed E-state index contributed by atoms with van der Waals surface area (Å²) in [4.78, 5) is 24.3. The molecule has 0 aliphatic heterocycles. The number of para-hydroxylation sites is 1. The quantitative estimate of drug-likeness (QED) is 0.873. The van der Waals surface area contributed by atoms with E-state index in [9.17, 15) is 9.59 Å². The van der Waals surface area contributed by atoms with Crippen LogP contribution in [-0.4, -0.2) is 23.5 Å². The van der Waals surface area contributed by atoms with Crippen molar-refractivity contribution in [3.8, 4) is 5.75 Å². The molecule has 0 spiro atoms. The highest BCUT2D eigenvalue weighted by Gasteiger charge is 2.17. The molecule has 0 aliphatic rings. The van der Waals surface area contributed by atoms with Crippen LogP contribution in [0.15, 0.2) is 54.6 Å². The molecule has 0 radical (unpaired) electrons. The fourth-order valence-corrected chi connectivity index (χ4v) is 2.12. The summed E-state index contributed by atoms with van der Waals surface area (Å²) in [5, 5.41) is 5.68. The van der Waals surface area contributed by atoms with E-state index >= 15 is 0 Å². The summed E-state index contributed by atoms with van der Waals surface area (Å²) in [6.07, 6.45) is -0.633. The van der Waals surface area contributed by atoms with E-state index in [-0.39, 0.29) is 17.4 Å². The lowest BCUT2D eigenvalue weighted by molar-refractivity contribution is -0.122. The van der Waals surface area contributed by atoms with E-state index < -0.39 is 6.10 Å². The maximum atomic E-state index is 12.2. The highest BCUT2D eigenvalue weighted by atomic mass is 16.5. The molecule has 25 heavy (non-hydrogen) atoms. The molecule has 0 bridgehead atoms. The number of carbonyl (C=O) groups is 2. The van der Waals surface area contributed by atoms with Crippen molar-refractivity contribution >= 4 is 17.5 Å². The van der Waals surface area contributed by atoms with Crippen molar-refractivity contribution in [3.63, 3.8) is 0 Å². The van der Waals surface area contributed by atoms with Crippen molar-refractivity contribution in [2.45, 2.75) is 39.3 Å². The van der Waals surface area contributed by atoms with E-state index in [4.69, 9.17) is 4.74 Å². The summed E-state index contributed by atoms with van der Waals surface area (Å²) >= 11 is 0. The van der Waals surface area contributed by atoms with Gasteiger partial charge in [0.1, 0.15) is 5.75 Å². The first-order chi connectivity index (χ1) is 11.7. The molecule has 2 N–H and O–H groups in total. The third-order valence-corrected chi connectivity index (χ3v) is 3.33. The Morgan fingerprint density at radius 3 is 2.12 bits per heavy atom. The number of hydrogen-bond donors (Lipinski definition) is 2. The van der Waals surface area contributed by atoms with Gasteiger partial charge in [-0.3, -0.25) is 9.59 Å². The first-order valence-electron chi connectivity index (χ1n) is 8.20. The van der Waals surface area contributed by atoms with Crippen molar-refractivity contribution in [1.82, 2.24) is 5.32 Å². The monoisotopic (exact) mass is 340 g/mol. The Labute approximate surface area is 148 Å². The standard InChI is InChI=1S/C20H24N2O3/c1-14(25-17-8-6-5-7-9-17)18(23)21-16-12-10-15(11-13-16)19(24)22-20(2,3)4/h5-14H,1-4H3,(H,21,23)(H,22,24). The minimum absolute atomic E-state index is 0.147. The lowest BCUT2D eigenvalue weighted by Crippen LogP contribution is -2.40. The average Bonchev–Trinajstić information content (AvgIpc) is 2.54. The molecular weight excluding hydrogens is 316 g/mol. The molecule has 2 aromatic rings. The highest BCUT2D eigenvalue weighted by molar-refractivity contribution is 5.97. The summed E-state index contributed by atoms with van der Waals surface area (Å²) in [7, 11) is 0. The predicted molar refractivity (Wildman–Crippen MR) is 98.8 cm³/mol. The zero-order chi connectivity index (χ0) is 18.4. The van der Waals surface area contributed by atoms with Crippen LogP contribution in [0, 0.1) is 0 Å². The number of nitrogens with one attached hydrogen (secondary N) is 2. The molecule has 0 fully saturated rings. The lowest BCUT2D eigenvalue weighted by Gasteiger charge is -2.20. The van der Waals surface area contributed by atoms with E-state index in [1.54, 1.807) is 43.3 Å². The normalized spacial score (nSPS) is 12.2. The summed E-state index contributed by atoms with van der Waals surface area (Å²) in [6.45, 7) is 7.46. The second kappa shape index (κ2) is 7.83. The van der Waals surface area contributed by atoms with Gasteiger partial charge in [0.15, 0.2) is 6.10 Å². The number of anilines is 1. The Morgan fingerprint density at radius 1 is 0.960 bits per heavy atom. The Morgan fingerprint density at radius 2 is 1.56 bits per heavy atom. The topological polar surface area (TPSA) is 67.4 Å². The summed E-state index contributed by atoms with van der Waals surface area (Å²) in [5.41, 5.74) is 0.857. The van der Waals surface area contributed by atoms with E-state index in [0.717, 1.165) is 0 Å². The molecular formula is C20H24N2O3. The molecule has 2 rings (SSSR count). The molecule has 132 valence electrons. The molecule has 5 heteroatoms. The lowest BCUT2D eigenvalue weighted by atomic mass is 10.1. The van der Waals surface area contributed by atoms with Crippen molar-refractivity contribution < 1.29 is 14.3 Å². The number of benzene rings is 2. The van der Waals surface area contributed by atoms with Crippen molar-refractivity contribution in [2.24, 2.45) is 0 Å². The first kappa shape index (κ1) is 18.5.